The number of benzene rings is 8. The molecule has 1 radical (unpaired) electrons. The molecule has 0 aliphatic heterocycles. The molecule has 0 aliphatic carbocycles. The van der Waals surface area contributed by atoms with Crippen LogP contribution in [0, 0.1) is 12.1 Å². The Labute approximate surface area is 420 Å². The number of imidazole rings is 1. The average molecular weight is 1080 g/mol. The second kappa shape index (κ2) is 18.7. The summed E-state index contributed by atoms with van der Waals surface area (Å²) >= 11 is 0. The first-order valence-corrected chi connectivity index (χ1v) is 24.0. The predicted molar refractivity (Wildman–Crippen MR) is 287 cm³/mol. The van der Waals surface area contributed by atoms with Gasteiger partial charge in [-0.25, -0.2) is 0 Å². The number of hydrogen-bond acceptors (Lipinski definition) is 3. The summed E-state index contributed by atoms with van der Waals surface area (Å²) in [6.07, 6.45) is 1.95. The van der Waals surface area contributed by atoms with E-state index in [9.17, 15) is 0 Å². The standard InChI is InChI=1S/C49H43N2O.C15H16N.Ir/c1-29(2)37-26-34(31-15-9-8-10-16-31)27-38(30(3)4)46(37)51-43-20-14-13-19-42(43)50-48(51)36-23-24-41(49(5,6)7)45-40-25-33-22-21-32-17-11-12-18-35(32)39(33)28-44(40)52-47(36)45;1-15(2,3)13-9-10-14(16-11-13)12-7-5-4-6-8-12;/h8-22,24-30H,1-7H3;4-7,9-11H,1-3H3;/q2*-1;. The molecule has 5 heteroatoms. The quantitative estimate of drug-likeness (QED) is 0.123. The molecule has 69 heavy (non-hydrogen) atoms. The second-order valence-corrected chi connectivity index (χ2v) is 20.9. The third kappa shape index (κ3) is 8.95. The Kier molecular flexibility index (Phi) is 12.8. The number of pyridine rings is 1. The first kappa shape index (κ1) is 47.4. The maximum absolute atomic E-state index is 7.07. The van der Waals surface area contributed by atoms with E-state index in [0.29, 0.717) is 0 Å². The molecule has 4 nitrogen and oxygen atoms in total. The zero-order valence-electron chi connectivity index (χ0n) is 41.3. The number of hydrogen-bond donors (Lipinski definition) is 0. The number of furan rings is 1. The van der Waals surface area contributed by atoms with Gasteiger partial charge < -0.3 is 14.0 Å². The minimum absolute atomic E-state index is 0. The number of para-hydroxylation sites is 2. The molecule has 347 valence electrons. The van der Waals surface area contributed by atoms with Gasteiger partial charge in [-0.3, -0.25) is 4.98 Å². The van der Waals surface area contributed by atoms with Crippen molar-refractivity contribution in [2.75, 3.05) is 0 Å². The van der Waals surface area contributed by atoms with Crippen LogP contribution in [0.1, 0.15) is 103 Å². The van der Waals surface area contributed by atoms with Crippen molar-refractivity contribution in [1.29, 1.82) is 0 Å². The van der Waals surface area contributed by atoms with Gasteiger partial charge in [-0.05, 0) is 114 Å². The molecule has 3 aromatic heterocycles. The molecule has 0 saturated carbocycles. The molecule has 8 aromatic carbocycles. The SMILES string of the molecule is CC(C)(C)c1ccc(-c2[c-]cccc2)nc1.CC(C)c1cc(-c2ccccc2)cc(C(C)C)c1-n1c(-c2[c-]cc(C(C)(C)C)c3c2oc2cc4c(ccc5ccccc54)cc23)nc2ccccc21.[Ir]. The normalized spacial score (nSPS) is 12.1. The molecule has 0 bridgehead atoms. The molecule has 0 amide bonds. The summed E-state index contributed by atoms with van der Waals surface area (Å²) in [5.41, 5.74) is 15.4. The fourth-order valence-electron chi connectivity index (χ4n) is 9.67. The van der Waals surface area contributed by atoms with Crippen LogP contribution >= 0.6 is 0 Å². The van der Waals surface area contributed by atoms with Gasteiger partial charge in [0, 0.05) is 37.4 Å². The molecule has 0 unspecified atom stereocenters. The van der Waals surface area contributed by atoms with Crippen LogP contribution < -0.4 is 0 Å². The molecule has 0 N–H and O–H groups in total. The molecule has 0 atom stereocenters. The summed E-state index contributed by atoms with van der Waals surface area (Å²) in [6.45, 7) is 22.6. The van der Waals surface area contributed by atoms with Crippen molar-refractivity contribution >= 4 is 54.5 Å². The van der Waals surface area contributed by atoms with Gasteiger partial charge in [-0.2, -0.15) is 0 Å². The van der Waals surface area contributed by atoms with Crippen LogP contribution in [-0.4, -0.2) is 14.5 Å². The van der Waals surface area contributed by atoms with E-state index < -0.39 is 0 Å². The Morgan fingerprint density at radius 3 is 1.94 bits per heavy atom. The summed E-state index contributed by atoms with van der Waals surface area (Å²) < 4.78 is 9.46. The molecule has 3 heterocycles. The Morgan fingerprint density at radius 2 is 1.28 bits per heavy atom. The zero-order chi connectivity index (χ0) is 47.5. The van der Waals surface area contributed by atoms with E-state index in [0.717, 1.165) is 55.6 Å². The van der Waals surface area contributed by atoms with Gasteiger partial charge in [0.2, 0.25) is 0 Å². The van der Waals surface area contributed by atoms with Crippen LogP contribution in [-0.2, 0) is 30.9 Å². The van der Waals surface area contributed by atoms with Crippen LogP contribution in [0.3, 0.4) is 0 Å². The molecule has 0 saturated heterocycles. The third-order valence-electron chi connectivity index (χ3n) is 13.4. The zero-order valence-corrected chi connectivity index (χ0v) is 43.7. The molecular formula is C64H59IrN3O-2. The van der Waals surface area contributed by atoms with Gasteiger partial charge in [0.05, 0.1) is 22.4 Å². The number of aromatic nitrogens is 3. The van der Waals surface area contributed by atoms with E-state index in [-0.39, 0.29) is 42.8 Å². The third-order valence-corrected chi connectivity index (χ3v) is 13.4. The number of nitrogens with zero attached hydrogens (tertiary/aromatic N) is 3. The minimum Gasteiger partial charge on any atom is -0.501 e. The van der Waals surface area contributed by atoms with Crippen molar-refractivity contribution in [2.45, 2.75) is 91.9 Å². The van der Waals surface area contributed by atoms with E-state index in [1.807, 2.05) is 30.5 Å². The monoisotopic (exact) mass is 1080 g/mol. The van der Waals surface area contributed by atoms with E-state index in [2.05, 4.69) is 224 Å². The molecule has 0 fully saturated rings. The maximum Gasteiger partial charge on any atom is 0.121 e. The number of fused-ring (bicyclic) bond motifs is 7. The molecule has 0 spiro atoms. The molecule has 11 aromatic rings. The Morgan fingerprint density at radius 1 is 0.594 bits per heavy atom. The van der Waals surface area contributed by atoms with E-state index in [1.54, 1.807) is 0 Å². The predicted octanol–water partition coefficient (Wildman–Crippen LogP) is 17.8. The molecule has 11 rings (SSSR count). The van der Waals surface area contributed by atoms with Crippen molar-refractivity contribution < 1.29 is 24.5 Å². The summed E-state index contributed by atoms with van der Waals surface area (Å²) in [6, 6.07) is 62.9. The van der Waals surface area contributed by atoms with Crippen molar-refractivity contribution in [3.05, 3.63) is 198 Å². The first-order valence-electron chi connectivity index (χ1n) is 24.0. The largest absolute Gasteiger partial charge is 0.501 e. The summed E-state index contributed by atoms with van der Waals surface area (Å²) in [7, 11) is 0. The molecular weight excluding hydrogens is 1020 g/mol. The van der Waals surface area contributed by atoms with E-state index in [4.69, 9.17) is 9.40 Å². The summed E-state index contributed by atoms with van der Waals surface area (Å²) in [5, 5.41) is 7.12. The minimum atomic E-state index is -0.133. The van der Waals surface area contributed by atoms with Crippen LogP contribution in [0.15, 0.2) is 168 Å². The first-order chi connectivity index (χ1) is 32.7. The summed E-state index contributed by atoms with van der Waals surface area (Å²) in [5.74, 6) is 1.38. The van der Waals surface area contributed by atoms with Crippen LogP contribution in [0.4, 0.5) is 0 Å². The fraction of sp³-hybridized carbons (Fsp3) is 0.219. The van der Waals surface area contributed by atoms with Crippen molar-refractivity contribution in [3.8, 4) is 39.5 Å². The van der Waals surface area contributed by atoms with Gasteiger partial charge >= 0.3 is 0 Å². The number of rotatable bonds is 6. The van der Waals surface area contributed by atoms with Gasteiger partial charge in [0.1, 0.15) is 5.58 Å². The van der Waals surface area contributed by atoms with Crippen molar-refractivity contribution in [1.82, 2.24) is 14.5 Å². The topological polar surface area (TPSA) is 43.9 Å². The second-order valence-electron chi connectivity index (χ2n) is 20.9. The average Bonchev–Trinajstić information content (AvgIpc) is 3.91. The van der Waals surface area contributed by atoms with Crippen molar-refractivity contribution in [3.63, 3.8) is 0 Å². The van der Waals surface area contributed by atoms with E-state index in [1.165, 1.54) is 60.6 Å². The van der Waals surface area contributed by atoms with Crippen LogP contribution in [0.2, 0.25) is 0 Å². The van der Waals surface area contributed by atoms with Crippen LogP contribution in [0.25, 0.3) is 94.0 Å². The summed E-state index contributed by atoms with van der Waals surface area (Å²) in [4.78, 5) is 9.90. The van der Waals surface area contributed by atoms with Gasteiger partial charge in [0.15, 0.2) is 0 Å². The van der Waals surface area contributed by atoms with E-state index >= 15 is 0 Å². The Bertz CT molecular complexity index is 3590. The Balaban J connectivity index is 0.000000296. The fourth-order valence-corrected chi connectivity index (χ4v) is 9.67. The maximum atomic E-state index is 7.07. The van der Waals surface area contributed by atoms with Crippen LogP contribution in [0.5, 0.6) is 0 Å². The van der Waals surface area contributed by atoms with Gasteiger partial charge in [0.25, 0.3) is 0 Å². The van der Waals surface area contributed by atoms with Gasteiger partial charge in [-0.15, -0.1) is 53.6 Å². The van der Waals surface area contributed by atoms with Gasteiger partial charge in [-0.1, -0.05) is 171 Å². The van der Waals surface area contributed by atoms with Crippen molar-refractivity contribution in [2.24, 2.45) is 0 Å². The molecule has 0 aliphatic rings. The smallest absolute Gasteiger partial charge is 0.121 e. The Hall–Kier alpha value is -6.65.